The molecule has 0 saturated carbocycles. The Morgan fingerprint density at radius 1 is 1.15 bits per heavy atom. The first-order chi connectivity index (χ1) is 15.5. The summed E-state index contributed by atoms with van der Waals surface area (Å²) in [6, 6.07) is 12.8. The summed E-state index contributed by atoms with van der Waals surface area (Å²) in [6.45, 7) is 6.58. The lowest BCUT2D eigenvalue weighted by Crippen LogP contribution is -2.45. The molecule has 0 bridgehead atoms. The summed E-state index contributed by atoms with van der Waals surface area (Å²) in [5, 5.41) is 2.95. The van der Waals surface area contributed by atoms with Crippen LogP contribution in [0.25, 0.3) is 0 Å². The number of carbonyl (C=O) groups is 2. The Bertz CT molecular complexity index is 1190. The Kier molecular flexibility index (Phi) is 6.09. The van der Waals surface area contributed by atoms with Gasteiger partial charge in [0.2, 0.25) is 21.8 Å². The van der Waals surface area contributed by atoms with E-state index in [2.05, 4.69) is 5.32 Å². The van der Waals surface area contributed by atoms with Gasteiger partial charge in [0, 0.05) is 32.4 Å². The van der Waals surface area contributed by atoms with Crippen molar-refractivity contribution in [3.63, 3.8) is 0 Å². The molecule has 1 saturated heterocycles. The smallest absolute Gasteiger partial charge is 0.243 e. The van der Waals surface area contributed by atoms with Gasteiger partial charge in [-0.15, -0.1) is 0 Å². The van der Waals surface area contributed by atoms with Crippen molar-refractivity contribution in [3.8, 4) is 0 Å². The van der Waals surface area contributed by atoms with Crippen LogP contribution in [0.15, 0.2) is 47.4 Å². The van der Waals surface area contributed by atoms with E-state index in [0.29, 0.717) is 31.5 Å². The lowest BCUT2D eigenvalue weighted by Gasteiger charge is -2.31. The molecule has 8 heteroatoms. The van der Waals surface area contributed by atoms with Crippen LogP contribution in [0, 0.1) is 12.8 Å². The Morgan fingerprint density at radius 2 is 1.85 bits per heavy atom. The molecule has 4 rings (SSSR count). The second-order valence-corrected chi connectivity index (χ2v) is 11.5. The van der Waals surface area contributed by atoms with E-state index in [1.54, 1.807) is 30.1 Å². The predicted molar refractivity (Wildman–Crippen MR) is 127 cm³/mol. The number of rotatable bonds is 5. The third-order valence-electron chi connectivity index (χ3n) is 6.82. The van der Waals surface area contributed by atoms with Gasteiger partial charge in [-0.3, -0.25) is 9.59 Å². The lowest BCUT2D eigenvalue weighted by atomic mass is 9.86. The van der Waals surface area contributed by atoms with Gasteiger partial charge in [-0.05, 0) is 62.9 Å². The Labute approximate surface area is 195 Å². The normalized spacial score (nSPS) is 20.5. The Morgan fingerprint density at radius 3 is 2.55 bits per heavy atom. The summed E-state index contributed by atoms with van der Waals surface area (Å²) in [7, 11) is -2.08. The minimum atomic E-state index is -3.78. The number of sulfonamides is 1. The van der Waals surface area contributed by atoms with Gasteiger partial charge in [-0.25, -0.2) is 8.42 Å². The van der Waals surface area contributed by atoms with Crippen molar-refractivity contribution in [2.45, 2.75) is 50.5 Å². The minimum Gasteiger partial charge on any atom is -0.352 e. The summed E-state index contributed by atoms with van der Waals surface area (Å²) in [5.74, 6) is -0.578. The van der Waals surface area contributed by atoms with Crippen LogP contribution in [0.2, 0.25) is 0 Å². The zero-order chi connectivity index (χ0) is 24.0. The number of nitrogens with one attached hydrogen (secondary N) is 1. The molecule has 1 unspecified atom stereocenters. The summed E-state index contributed by atoms with van der Waals surface area (Å²) in [4.78, 5) is 27.1. The summed E-state index contributed by atoms with van der Waals surface area (Å²) in [5.41, 5.74) is 2.82. The van der Waals surface area contributed by atoms with Gasteiger partial charge in [0.05, 0.1) is 16.2 Å². The highest BCUT2D eigenvalue weighted by atomic mass is 32.2. The number of anilines is 1. The Balaban J connectivity index is 1.49. The second kappa shape index (κ2) is 8.57. The number of hydrogen-bond donors (Lipinski definition) is 1. The SMILES string of the molecule is Cc1ccc(CNC(=O)C2CCCN(S(=O)(=O)c3ccc4c(c3)C(C)(C)C(=O)N4C)C2)cc1. The van der Waals surface area contributed by atoms with Crippen molar-refractivity contribution in [3.05, 3.63) is 59.2 Å². The molecule has 0 aliphatic carbocycles. The molecule has 2 heterocycles. The Hall–Kier alpha value is -2.71. The topological polar surface area (TPSA) is 86.8 Å². The van der Waals surface area contributed by atoms with Crippen LogP contribution >= 0.6 is 0 Å². The second-order valence-electron chi connectivity index (χ2n) is 9.57. The molecular formula is C25H31N3O4S. The number of piperidine rings is 1. The fourth-order valence-corrected chi connectivity index (χ4v) is 6.23. The number of likely N-dealkylation sites (N-methyl/N-ethyl adjacent to an activating group) is 1. The molecular weight excluding hydrogens is 438 g/mol. The maximum atomic E-state index is 13.4. The predicted octanol–water partition coefficient (Wildman–Crippen LogP) is 2.97. The van der Waals surface area contributed by atoms with Crippen molar-refractivity contribution in [1.29, 1.82) is 0 Å². The highest BCUT2D eigenvalue weighted by Gasteiger charge is 2.43. The first-order valence-electron chi connectivity index (χ1n) is 11.3. The van der Waals surface area contributed by atoms with Gasteiger partial charge < -0.3 is 10.2 Å². The van der Waals surface area contributed by atoms with Crippen LogP contribution in [0.1, 0.15) is 43.4 Å². The molecule has 2 aromatic rings. The number of carbonyl (C=O) groups excluding carboxylic acids is 2. The molecule has 176 valence electrons. The quantitative estimate of drug-likeness (QED) is 0.729. The zero-order valence-corrected chi connectivity index (χ0v) is 20.4. The molecule has 2 aliphatic heterocycles. The van der Waals surface area contributed by atoms with Crippen LogP contribution in [0.4, 0.5) is 5.69 Å². The molecule has 0 spiro atoms. The summed E-state index contributed by atoms with van der Waals surface area (Å²) < 4.78 is 28.3. The van der Waals surface area contributed by atoms with Crippen molar-refractivity contribution in [2.75, 3.05) is 25.0 Å². The minimum absolute atomic E-state index is 0.0599. The molecule has 1 atom stereocenters. The van der Waals surface area contributed by atoms with E-state index in [1.807, 2.05) is 45.0 Å². The van der Waals surface area contributed by atoms with Gasteiger partial charge in [-0.2, -0.15) is 4.31 Å². The summed E-state index contributed by atoms with van der Waals surface area (Å²) >= 11 is 0. The van der Waals surface area contributed by atoms with E-state index in [4.69, 9.17) is 0 Å². The number of fused-ring (bicyclic) bond motifs is 1. The fourth-order valence-electron chi connectivity index (χ4n) is 4.68. The third kappa shape index (κ3) is 4.29. The van der Waals surface area contributed by atoms with Gasteiger partial charge in [-0.1, -0.05) is 29.8 Å². The van der Waals surface area contributed by atoms with Crippen LogP contribution in [-0.4, -0.2) is 44.7 Å². The molecule has 33 heavy (non-hydrogen) atoms. The van der Waals surface area contributed by atoms with Crippen LogP contribution in [0.5, 0.6) is 0 Å². The maximum absolute atomic E-state index is 13.4. The van der Waals surface area contributed by atoms with Crippen molar-refractivity contribution >= 4 is 27.5 Å². The van der Waals surface area contributed by atoms with E-state index in [1.165, 1.54) is 4.31 Å². The number of hydrogen-bond acceptors (Lipinski definition) is 4. The van der Waals surface area contributed by atoms with E-state index in [-0.39, 0.29) is 23.3 Å². The van der Waals surface area contributed by atoms with Gasteiger partial charge in [0.1, 0.15) is 0 Å². The summed E-state index contributed by atoms with van der Waals surface area (Å²) in [6.07, 6.45) is 1.28. The first-order valence-corrected chi connectivity index (χ1v) is 12.7. The monoisotopic (exact) mass is 469 g/mol. The number of aryl methyl sites for hydroxylation is 1. The maximum Gasteiger partial charge on any atom is 0.243 e. The average Bonchev–Trinajstić information content (AvgIpc) is 2.98. The van der Waals surface area contributed by atoms with Crippen molar-refractivity contribution < 1.29 is 18.0 Å². The van der Waals surface area contributed by atoms with E-state index in [9.17, 15) is 18.0 Å². The highest BCUT2D eigenvalue weighted by molar-refractivity contribution is 7.89. The largest absolute Gasteiger partial charge is 0.352 e. The highest BCUT2D eigenvalue weighted by Crippen LogP contribution is 2.42. The number of nitrogens with zero attached hydrogens (tertiary/aromatic N) is 2. The lowest BCUT2D eigenvalue weighted by molar-refractivity contribution is -0.126. The molecule has 0 radical (unpaired) electrons. The third-order valence-corrected chi connectivity index (χ3v) is 8.68. The van der Waals surface area contributed by atoms with Gasteiger partial charge >= 0.3 is 0 Å². The van der Waals surface area contributed by atoms with E-state index >= 15 is 0 Å². The molecule has 7 nitrogen and oxygen atoms in total. The molecule has 0 aromatic heterocycles. The molecule has 1 N–H and O–H groups in total. The van der Waals surface area contributed by atoms with Crippen molar-refractivity contribution in [1.82, 2.24) is 9.62 Å². The van der Waals surface area contributed by atoms with E-state index in [0.717, 1.165) is 16.8 Å². The standard InChI is InChI=1S/C25H31N3O4S/c1-17-7-9-18(10-8-17)15-26-23(29)19-6-5-13-28(16-19)33(31,32)20-11-12-22-21(14-20)25(2,3)24(30)27(22)4/h7-12,14,19H,5-6,13,15-16H2,1-4H3,(H,26,29). The van der Waals surface area contributed by atoms with E-state index < -0.39 is 21.4 Å². The first kappa shape index (κ1) is 23.4. The zero-order valence-electron chi connectivity index (χ0n) is 19.6. The molecule has 2 amide bonds. The van der Waals surface area contributed by atoms with Gasteiger partial charge in [0.25, 0.3) is 0 Å². The molecule has 1 fully saturated rings. The molecule has 2 aliphatic rings. The van der Waals surface area contributed by atoms with Gasteiger partial charge in [0.15, 0.2) is 0 Å². The van der Waals surface area contributed by atoms with Crippen LogP contribution in [-0.2, 0) is 31.6 Å². The molecule has 2 aromatic carbocycles. The van der Waals surface area contributed by atoms with Crippen LogP contribution in [0.3, 0.4) is 0 Å². The number of amides is 2. The average molecular weight is 470 g/mol. The van der Waals surface area contributed by atoms with Crippen LogP contribution < -0.4 is 10.2 Å². The fraction of sp³-hybridized carbons (Fsp3) is 0.440. The number of benzene rings is 2. The van der Waals surface area contributed by atoms with Crippen molar-refractivity contribution in [2.24, 2.45) is 5.92 Å².